The minimum atomic E-state index is 0.506. The molecule has 0 aliphatic carbocycles. The molecule has 2 saturated heterocycles. The number of hydrogen-bond donors (Lipinski definition) is 1. The number of nitrogens with zero attached hydrogens (tertiary/aromatic N) is 2. The Morgan fingerprint density at radius 2 is 1.71 bits per heavy atom. The first-order chi connectivity index (χ1) is 6.45. The van der Waals surface area contributed by atoms with Gasteiger partial charge in [-0.25, -0.2) is 0 Å². The van der Waals surface area contributed by atoms with Gasteiger partial charge < -0.3 is 4.90 Å². The monoisotopic (exact) mass is 214 g/mol. The minimum absolute atomic E-state index is 0.506. The van der Waals surface area contributed by atoms with Crippen molar-refractivity contribution in [2.45, 2.75) is 20.8 Å². The van der Waals surface area contributed by atoms with E-state index in [-0.39, 0.29) is 0 Å². The van der Waals surface area contributed by atoms with Crippen LogP contribution in [0.25, 0.3) is 0 Å². The molecular formula is C11H22N2S. The Labute approximate surface area is 93.2 Å². The summed E-state index contributed by atoms with van der Waals surface area (Å²) in [6.07, 6.45) is 0. The average Bonchev–Trinajstić information content (AvgIpc) is 1.88. The fraction of sp³-hybridized carbons (Fsp3) is 1.00. The standard InChI is InChI=1S/C11H22N2S/c1-11(2,3)10-7-12(8-10)4-9-5-13(14)6-9/h9-10,14H,4-8H2,1-3H3. The Morgan fingerprint density at radius 3 is 2.14 bits per heavy atom. The van der Waals surface area contributed by atoms with Crippen LogP contribution < -0.4 is 0 Å². The summed E-state index contributed by atoms with van der Waals surface area (Å²) in [6.45, 7) is 13.3. The quantitative estimate of drug-likeness (QED) is 0.700. The van der Waals surface area contributed by atoms with Crippen molar-refractivity contribution in [1.29, 1.82) is 0 Å². The van der Waals surface area contributed by atoms with Gasteiger partial charge in [0.1, 0.15) is 0 Å². The maximum Gasteiger partial charge on any atom is 0.0140 e. The molecule has 82 valence electrons. The SMILES string of the molecule is CC(C)(C)C1CN(CC2CN(S)C2)C1. The molecule has 2 rings (SSSR count). The largest absolute Gasteiger partial charge is 0.302 e. The van der Waals surface area contributed by atoms with Crippen LogP contribution in [0.5, 0.6) is 0 Å². The molecule has 3 heteroatoms. The lowest BCUT2D eigenvalue weighted by atomic mass is 9.75. The molecular weight excluding hydrogens is 192 g/mol. The van der Waals surface area contributed by atoms with Crippen molar-refractivity contribution in [2.75, 3.05) is 32.7 Å². The summed E-state index contributed by atoms with van der Waals surface area (Å²) in [7, 11) is 0. The van der Waals surface area contributed by atoms with E-state index in [2.05, 4.69) is 42.8 Å². The summed E-state index contributed by atoms with van der Waals surface area (Å²) >= 11 is 4.29. The fourth-order valence-electron chi connectivity index (χ4n) is 2.29. The van der Waals surface area contributed by atoms with Gasteiger partial charge in [0.15, 0.2) is 0 Å². The summed E-state index contributed by atoms with van der Waals surface area (Å²) in [6, 6.07) is 0. The van der Waals surface area contributed by atoms with E-state index in [9.17, 15) is 0 Å². The number of thiol groups is 1. The first-order valence-corrected chi connectivity index (χ1v) is 6.01. The van der Waals surface area contributed by atoms with E-state index < -0.39 is 0 Å². The lowest BCUT2D eigenvalue weighted by molar-refractivity contribution is 0.000542. The highest BCUT2D eigenvalue weighted by Crippen LogP contribution is 2.34. The average molecular weight is 214 g/mol. The van der Waals surface area contributed by atoms with Gasteiger partial charge in [0.2, 0.25) is 0 Å². The molecule has 0 atom stereocenters. The molecule has 0 saturated carbocycles. The fourth-order valence-corrected chi connectivity index (χ4v) is 2.75. The van der Waals surface area contributed by atoms with Crippen LogP contribution in [0.2, 0.25) is 0 Å². The summed E-state index contributed by atoms with van der Waals surface area (Å²) in [4.78, 5) is 2.60. The molecule has 0 unspecified atom stereocenters. The van der Waals surface area contributed by atoms with Gasteiger partial charge in [0.25, 0.3) is 0 Å². The highest BCUT2D eigenvalue weighted by molar-refractivity contribution is 7.77. The molecule has 0 aromatic heterocycles. The van der Waals surface area contributed by atoms with Crippen molar-refractivity contribution in [3.05, 3.63) is 0 Å². The molecule has 2 heterocycles. The van der Waals surface area contributed by atoms with Gasteiger partial charge >= 0.3 is 0 Å². The first kappa shape index (κ1) is 10.8. The van der Waals surface area contributed by atoms with Gasteiger partial charge in [-0.05, 0) is 17.3 Å². The van der Waals surface area contributed by atoms with E-state index in [1.807, 2.05) is 0 Å². The molecule has 0 aromatic rings. The van der Waals surface area contributed by atoms with Crippen LogP contribution in [0.15, 0.2) is 0 Å². The normalized spacial score (nSPS) is 27.4. The van der Waals surface area contributed by atoms with Crippen molar-refractivity contribution in [3.63, 3.8) is 0 Å². The number of hydrogen-bond acceptors (Lipinski definition) is 3. The maximum atomic E-state index is 4.29. The maximum absolute atomic E-state index is 4.29. The third kappa shape index (κ3) is 2.26. The zero-order valence-corrected chi connectivity index (χ0v) is 10.4. The first-order valence-electron chi connectivity index (χ1n) is 5.61. The van der Waals surface area contributed by atoms with Gasteiger partial charge in [0.05, 0.1) is 0 Å². The Hall–Kier alpha value is 0.270. The second-order valence-electron chi connectivity index (χ2n) is 6.02. The van der Waals surface area contributed by atoms with E-state index in [4.69, 9.17) is 0 Å². The summed E-state index contributed by atoms with van der Waals surface area (Å²) in [5.74, 6) is 1.79. The van der Waals surface area contributed by atoms with Crippen LogP contribution in [0, 0.1) is 17.3 Å². The van der Waals surface area contributed by atoms with Crippen molar-refractivity contribution >= 4 is 12.8 Å². The Morgan fingerprint density at radius 1 is 1.14 bits per heavy atom. The molecule has 2 nitrogen and oxygen atoms in total. The smallest absolute Gasteiger partial charge is 0.0140 e. The molecule has 0 radical (unpaired) electrons. The Bertz CT molecular complexity index is 200. The Balaban J connectivity index is 1.64. The van der Waals surface area contributed by atoms with E-state index in [0.29, 0.717) is 5.41 Å². The molecule has 14 heavy (non-hydrogen) atoms. The van der Waals surface area contributed by atoms with Crippen LogP contribution in [0.3, 0.4) is 0 Å². The minimum Gasteiger partial charge on any atom is -0.302 e. The van der Waals surface area contributed by atoms with Crippen LogP contribution in [-0.4, -0.2) is 41.9 Å². The highest BCUT2D eigenvalue weighted by Gasteiger charge is 2.37. The van der Waals surface area contributed by atoms with Crippen LogP contribution >= 0.6 is 12.8 Å². The molecule has 0 amide bonds. The lowest BCUT2D eigenvalue weighted by Crippen LogP contribution is -2.56. The zero-order valence-electron chi connectivity index (χ0n) is 9.53. The zero-order chi connectivity index (χ0) is 10.3. The third-order valence-electron chi connectivity index (χ3n) is 3.64. The second kappa shape index (κ2) is 3.69. The van der Waals surface area contributed by atoms with Gasteiger partial charge in [-0.3, -0.25) is 4.31 Å². The lowest BCUT2D eigenvalue weighted by Gasteiger charge is -2.49. The van der Waals surface area contributed by atoms with Gasteiger partial charge in [0, 0.05) is 32.7 Å². The number of rotatable bonds is 2. The van der Waals surface area contributed by atoms with Crippen molar-refractivity contribution in [2.24, 2.45) is 17.3 Å². The van der Waals surface area contributed by atoms with E-state index >= 15 is 0 Å². The van der Waals surface area contributed by atoms with Crippen LogP contribution in [0.4, 0.5) is 0 Å². The molecule has 2 aliphatic rings. The van der Waals surface area contributed by atoms with E-state index in [0.717, 1.165) is 11.8 Å². The predicted molar refractivity (Wildman–Crippen MR) is 63.4 cm³/mol. The topological polar surface area (TPSA) is 6.48 Å². The van der Waals surface area contributed by atoms with E-state index in [1.54, 1.807) is 0 Å². The Kier molecular flexibility index (Phi) is 2.84. The van der Waals surface area contributed by atoms with Crippen molar-refractivity contribution < 1.29 is 0 Å². The van der Waals surface area contributed by atoms with Crippen LogP contribution in [-0.2, 0) is 0 Å². The second-order valence-corrected chi connectivity index (χ2v) is 6.58. The predicted octanol–water partition coefficient (Wildman–Crippen LogP) is 1.74. The molecule has 0 N–H and O–H groups in total. The van der Waals surface area contributed by atoms with Gasteiger partial charge in [-0.1, -0.05) is 33.6 Å². The highest BCUT2D eigenvalue weighted by atomic mass is 32.1. The van der Waals surface area contributed by atoms with E-state index in [1.165, 1.54) is 32.7 Å². The summed E-state index contributed by atoms with van der Waals surface area (Å²) < 4.78 is 2.10. The van der Waals surface area contributed by atoms with Crippen molar-refractivity contribution in [1.82, 2.24) is 9.21 Å². The van der Waals surface area contributed by atoms with Gasteiger partial charge in [-0.2, -0.15) is 0 Å². The molecule has 0 spiro atoms. The summed E-state index contributed by atoms with van der Waals surface area (Å²) in [5.41, 5.74) is 0.506. The number of likely N-dealkylation sites (tertiary alicyclic amines) is 1. The van der Waals surface area contributed by atoms with Gasteiger partial charge in [-0.15, -0.1) is 0 Å². The van der Waals surface area contributed by atoms with Crippen molar-refractivity contribution in [3.8, 4) is 0 Å². The molecule has 2 aliphatic heterocycles. The summed E-state index contributed by atoms with van der Waals surface area (Å²) in [5, 5.41) is 0. The third-order valence-corrected chi connectivity index (χ3v) is 3.96. The molecule has 0 aromatic carbocycles. The molecule has 0 bridgehead atoms. The molecule has 2 fully saturated rings. The van der Waals surface area contributed by atoms with Crippen LogP contribution in [0.1, 0.15) is 20.8 Å².